The summed E-state index contributed by atoms with van der Waals surface area (Å²) in [6, 6.07) is 64.8. The van der Waals surface area contributed by atoms with Gasteiger partial charge in [0, 0.05) is 77.6 Å². The molecule has 4 heteroatoms. The number of hydrogen-bond donors (Lipinski definition) is 0. The molecule has 244 valence electrons. The molecule has 0 amide bonds. The first-order chi connectivity index (χ1) is 25.7. The average Bonchev–Trinajstić information content (AvgIpc) is 3.89. The molecule has 0 spiro atoms. The Bertz CT molecular complexity index is 3150. The molecule has 0 radical (unpaired) electrons. The van der Waals surface area contributed by atoms with Gasteiger partial charge in [-0.15, -0.1) is 34.0 Å². The van der Waals surface area contributed by atoms with Gasteiger partial charge in [0.2, 0.25) is 0 Å². The van der Waals surface area contributed by atoms with E-state index in [9.17, 15) is 0 Å². The lowest BCUT2D eigenvalue weighted by atomic mass is 9.98. The van der Waals surface area contributed by atoms with E-state index in [1.807, 2.05) is 34.0 Å². The molecule has 0 saturated carbocycles. The molecule has 0 bridgehead atoms. The maximum absolute atomic E-state index is 2.44. The number of fused-ring (bicyclic) bond motifs is 10. The van der Waals surface area contributed by atoms with Crippen LogP contribution in [0.2, 0.25) is 0 Å². The Balaban J connectivity index is 1.11. The van der Waals surface area contributed by atoms with Crippen LogP contribution >= 0.6 is 34.0 Å². The van der Waals surface area contributed by atoms with E-state index in [0.29, 0.717) is 0 Å². The minimum absolute atomic E-state index is 1.13. The summed E-state index contributed by atoms with van der Waals surface area (Å²) < 4.78 is 8.02. The molecule has 0 fully saturated rings. The normalized spacial score (nSPS) is 11.8. The fourth-order valence-electron chi connectivity index (χ4n) is 7.80. The first-order valence-corrected chi connectivity index (χ1v) is 19.9. The Kier molecular flexibility index (Phi) is 6.84. The van der Waals surface area contributed by atoms with Crippen LogP contribution < -0.4 is 4.90 Å². The molecular weight excluding hydrogens is 687 g/mol. The predicted molar refractivity (Wildman–Crippen MR) is 231 cm³/mol. The molecule has 0 saturated heterocycles. The maximum Gasteiger partial charge on any atom is 0.0468 e. The van der Waals surface area contributed by atoms with Crippen LogP contribution in [0, 0.1) is 0 Å². The molecule has 3 aromatic heterocycles. The number of rotatable bonds is 5. The minimum Gasteiger partial charge on any atom is -0.310 e. The standard InChI is InChI=1S/C48H29NS3/c1-2-10-30(11-3-1)31-12-8-13-32(26-31)33-14-9-15-34(27-33)49(35-20-23-44-40(28-35)37-16-4-6-18-42(37)50-44)36-21-24-45-41(29-36)38-22-25-46-47(48(38)52-45)39-17-5-7-19-43(39)51-46/h1-29H. The molecule has 0 N–H and O–H groups in total. The van der Waals surface area contributed by atoms with E-state index in [4.69, 9.17) is 0 Å². The summed E-state index contributed by atoms with van der Waals surface area (Å²) in [5.74, 6) is 0. The lowest BCUT2D eigenvalue weighted by Gasteiger charge is -2.26. The highest BCUT2D eigenvalue weighted by Gasteiger charge is 2.19. The first kappa shape index (κ1) is 29.9. The van der Waals surface area contributed by atoms with Gasteiger partial charge in [-0.2, -0.15) is 0 Å². The van der Waals surface area contributed by atoms with Crippen LogP contribution in [0.4, 0.5) is 17.1 Å². The molecule has 1 nitrogen and oxygen atoms in total. The molecule has 0 aliphatic carbocycles. The molecule has 11 aromatic rings. The van der Waals surface area contributed by atoms with Crippen molar-refractivity contribution in [2.75, 3.05) is 4.90 Å². The Morgan fingerprint density at radius 2 is 0.808 bits per heavy atom. The molecule has 8 aromatic carbocycles. The van der Waals surface area contributed by atoms with Crippen LogP contribution in [0.3, 0.4) is 0 Å². The van der Waals surface area contributed by atoms with Crippen molar-refractivity contribution < 1.29 is 0 Å². The zero-order chi connectivity index (χ0) is 34.2. The van der Waals surface area contributed by atoms with Gasteiger partial charge in [-0.05, 0) is 95.1 Å². The summed E-state index contributed by atoms with van der Waals surface area (Å²) >= 11 is 5.67. The summed E-state index contributed by atoms with van der Waals surface area (Å²) in [7, 11) is 0. The second-order valence-electron chi connectivity index (χ2n) is 13.3. The van der Waals surface area contributed by atoms with E-state index in [-0.39, 0.29) is 0 Å². The molecule has 0 aliphatic rings. The largest absolute Gasteiger partial charge is 0.310 e. The third kappa shape index (κ3) is 4.80. The van der Waals surface area contributed by atoms with Crippen molar-refractivity contribution in [2.45, 2.75) is 0 Å². The Hall–Kier alpha value is -5.78. The minimum atomic E-state index is 1.13. The Morgan fingerprint density at radius 1 is 0.288 bits per heavy atom. The summed E-state index contributed by atoms with van der Waals surface area (Å²) in [4.78, 5) is 2.44. The summed E-state index contributed by atoms with van der Waals surface area (Å²) in [6.07, 6.45) is 0. The second kappa shape index (κ2) is 11.9. The van der Waals surface area contributed by atoms with Crippen LogP contribution in [0.15, 0.2) is 176 Å². The van der Waals surface area contributed by atoms with Crippen molar-refractivity contribution in [2.24, 2.45) is 0 Å². The number of anilines is 3. The van der Waals surface area contributed by atoms with Crippen molar-refractivity contribution in [3.8, 4) is 22.3 Å². The van der Waals surface area contributed by atoms with Crippen LogP contribution in [0.5, 0.6) is 0 Å². The van der Waals surface area contributed by atoms with Crippen molar-refractivity contribution >= 4 is 112 Å². The van der Waals surface area contributed by atoms with E-state index >= 15 is 0 Å². The Labute approximate surface area is 312 Å². The highest BCUT2D eigenvalue weighted by atomic mass is 32.1. The van der Waals surface area contributed by atoms with Gasteiger partial charge < -0.3 is 4.90 Å². The molecular formula is C48H29NS3. The van der Waals surface area contributed by atoms with E-state index in [2.05, 4.69) is 181 Å². The van der Waals surface area contributed by atoms with Gasteiger partial charge in [0.05, 0.1) is 0 Å². The van der Waals surface area contributed by atoms with E-state index in [0.717, 1.165) is 17.1 Å². The molecule has 11 rings (SSSR count). The number of benzene rings is 8. The van der Waals surface area contributed by atoms with Crippen molar-refractivity contribution in [3.63, 3.8) is 0 Å². The second-order valence-corrected chi connectivity index (χ2v) is 16.5. The van der Waals surface area contributed by atoms with E-state index < -0.39 is 0 Å². The average molecular weight is 716 g/mol. The van der Waals surface area contributed by atoms with Crippen molar-refractivity contribution in [3.05, 3.63) is 176 Å². The number of hydrogen-bond acceptors (Lipinski definition) is 4. The summed E-state index contributed by atoms with van der Waals surface area (Å²) in [5, 5.41) is 7.96. The van der Waals surface area contributed by atoms with Gasteiger partial charge in [0.15, 0.2) is 0 Å². The SMILES string of the molecule is c1ccc(-c2cccc(-c3cccc(N(c4ccc5sc6ccccc6c5c4)c4ccc5sc6c(ccc7sc8ccccc8c76)c5c4)c3)c2)cc1. The predicted octanol–water partition coefficient (Wildman–Crippen LogP) is 15.6. The summed E-state index contributed by atoms with van der Waals surface area (Å²) in [6.45, 7) is 0. The lowest BCUT2D eigenvalue weighted by Crippen LogP contribution is -2.09. The molecule has 3 heterocycles. The van der Waals surface area contributed by atoms with Gasteiger partial charge in [-0.25, -0.2) is 0 Å². The fraction of sp³-hybridized carbons (Fsp3) is 0. The monoisotopic (exact) mass is 715 g/mol. The topological polar surface area (TPSA) is 3.24 Å². The highest BCUT2D eigenvalue weighted by Crippen LogP contribution is 2.47. The fourth-order valence-corrected chi connectivity index (χ4v) is 11.3. The number of thiophene rings is 3. The van der Waals surface area contributed by atoms with Gasteiger partial charge in [0.1, 0.15) is 0 Å². The van der Waals surface area contributed by atoms with E-state index in [1.54, 1.807) is 0 Å². The smallest absolute Gasteiger partial charge is 0.0468 e. The van der Waals surface area contributed by atoms with Gasteiger partial charge in [0.25, 0.3) is 0 Å². The van der Waals surface area contributed by atoms with Crippen LogP contribution in [0.1, 0.15) is 0 Å². The molecule has 0 unspecified atom stereocenters. The van der Waals surface area contributed by atoms with Crippen LogP contribution in [0.25, 0.3) is 82.8 Å². The third-order valence-electron chi connectivity index (χ3n) is 10.2. The van der Waals surface area contributed by atoms with Gasteiger partial charge in [-0.3, -0.25) is 0 Å². The quantitative estimate of drug-likeness (QED) is 0.171. The molecule has 52 heavy (non-hydrogen) atoms. The third-order valence-corrected chi connectivity index (χ3v) is 13.7. The van der Waals surface area contributed by atoms with Crippen molar-refractivity contribution in [1.29, 1.82) is 0 Å². The first-order valence-electron chi connectivity index (χ1n) is 17.5. The van der Waals surface area contributed by atoms with Gasteiger partial charge >= 0.3 is 0 Å². The highest BCUT2D eigenvalue weighted by molar-refractivity contribution is 7.29. The van der Waals surface area contributed by atoms with Crippen LogP contribution in [-0.4, -0.2) is 0 Å². The van der Waals surface area contributed by atoms with E-state index in [1.165, 1.54) is 82.8 Å². The lowest BCUT2D eigenvalue weighted by molar-refractivity contribution is 1.30. The summed E-state index contributed by atoms with van der Waals surface area (Å²) in [5.41, 5.74) is 8.27. The number of nitrogens with zero attached hydrogens (tertiary/aromatic N) is 1. The Morgan fingerprint density at radius 3 is 1.60 bits per heavy atom. The zero-order valence-electron chi connectivity index (χ0n) is 27.9. The molecule has 0 atom stereocenters. The van der Waals surface area contributed by atoms with Crippen molar-refractivity contribution in [1.82, 2.24) is 0 Å². The van der Waals surface area contributed by atoms with Gasteiger partial charge in [-0.1, -0.05) is 103 Å². The maximum atomic E-state index is 2.44. The molecule has 0 aliphatic heterocycles. The van der Waals surface area contributed by atoms with Crippen LogP contribution in [-0.2, 0) is 0 Å². The zero-order valence-corrected chi connectivity index (χ0v) is 30.4.